The number of rotatable bonds is 2. The molecule has 27 heavy (non-hydrogen) atoms. The summed E-state index contributed by atoms with van der Waals surface area (Å²) in [6.07, 6.45) is -0.365. The Hall–Kier alpha value is -1.59. The molecule has 2 aromatic heterocycles. The summed E-state index contributed by atoms with van der Waals surface area (Å²) in [6, 6.07) is 0. The van der Waals surface area contributed by atoms with Gasteiger partial charge in [-0.2, -0.15) is 0 Å². The minimum absolute atomic E-state index is 0.0502. The Labute approximate surface area is 160 Å². The number of imidazole rings is 1. The predicted octanol–water partition coefficient (Wildman–Crippen LogP) is 0.951. The SMILES string of the molecule is C[C@@]1(O)[C@H](O)[C@@H](CO)O[C@H]1n1cnc2c(N)ncnc21.C[Si](C)C(C)(C)C. The van der Waals surface area contributed by atoms with Crippen molar-refractivity contribution < 1.29 is 20.1 Å². The van der Waals surface area contributed by atoms with Gasteiger partial charge in [0.15, 0.2) is 17.7 Å². The summed E-state index contributed by atoms with van der Waals surface area (Å²) < 4.78 is 6.97. The maximum absolute atomic E-state index is 10.4. The first kappa shape index (κ1) is 21.7. The van der Waals surface area contributed by atoms with E-state index in [1.165, 1.54) is 24.1 Å². The number of nitrogens with zero attached hydrogens (tertiary/aromatic N) is 4. The maximum Gasteiger partial charge on any atom is 0.168 e. The van der Waals surface area contributed by atoms with Crippen molar-refractivity contribution in [1.82, 2.24) is 19.5 Å². The van der Waals surface area contributed by atoms with Gasteiger partial charge in [0.05, 0.1) is 12.9 Å². The van der Waals surface area contributed by atoms with Crippen LogP contribution >= 0.6 is 0 Å². The molecule has 2 aromatic rings. The highest BCUT2D eigenvalue weighted by atomic mass is 28.3. The van der Waals surface area contributed by atoms with Gasteiger partial charge in [0.25, 0.3) is 0 Å². The van der Waals surface area contributed by atoms with Crippen LogP contribution in [0.1, 0.15) is 33.9 Å². The van der Waals surface area contributed by atoms with Crippen LogP contribution < -0.4 is 5.73 Å². The molecule has 3 heterocycles. The lowest BCUT2D eigenvalue weighted by Crippen LogP contribution is -2.44. The van der Waals surface area contributed by atoms with Gasteiger partial charge in [0, 0.05) is 8.80 Å². The first-order valence-electron chi connectivity index (χ1n) is 8.81. The quantitative estimate of drug-likeness (QED) is 0.550. The molecule has 0 saturated carbocycles. The summed E-state index contributed by atoms with van der Waals surface area (Å²) in [5, 5.41) is 30.2. The normalized spacial score (nSPS) is 28.4. The Morgan fingerprint density at radius 1 is 1.30 bits per heavy atom. The highest BCUT2D eigenvalue weighted by Crippen LogP contribution is 2.39. The van der Waals surface area contributed by atoms with Gasteiger partial charge in [-0.15, -0.1) is 0 Å². The number of nitrogen functional groups attached to an aromatic ring is 1. The molecular formula is C17H30N5O4Si. The van der Waals surface area contributed by atoms with Crippen LogP contribution in [0.15, 0.2) is 12.7 Å². The first-order valence-corrected chi connectivity index (χ1v) is 11.3. The summed E-state index contributed by atoms with van der Waals surface area (Å²) in [7, 11) is -0.0502. The second kappa shape index (κ2) is 7.80. The van der Waals surface area contributed by atoms with Gasteiger partial charge in [0.2, 0.25) is 0 Å². The standard InChI is InChI=1S/C11H15N5O4.C6H15Si/c1-11(19)7(18)5(2-17)20-10(11)16-4-15-6-8(12)13-3-14-9(6)16;1-6(2,3)7(4)5/h3-5,7,10,17-19H,2H2,1H3,(H2,12,13,14);1-5H3/t5-,7-,10-,11-;/m1./s1. The second-order valence-corrected chi connectivity index (χ2v) is 11.7. The molecule has 0 bridgehead atoms. The molecule has 0 amide bonds. The number of hydrogen-bond acceptors (Lipinski definition) is 8. The molecule has 3 rings (SSSR count). The number of anilines is 1. The van der Waals surface area contributed by atoms with Crippen molar-refractivity contribution in [1.29, 1.82) is 0 Å². The maximum atomic E-state index is 10.4. The topological polar surface area (TPSA) is 140 Å². The van der Waals surface area contributed by atoms with Crippen molar-refractivity contribution in [2.24, 2.45) is 0 Å². The number of ether oxygens (including phenoxy) is 1. The lowest BCUT2D eigenvalue weighted by Gasteiger charge is -2.27. The van der Waals surface area contributed by atoms with E-state index in [4.69, 9.17) is 10.5 Å². The number of fused-ring (bicyclic) bond motifs is 1. The Morgan fingerprint density at radius 3 is 2.37 bits per heavy atom. The van der Waals surface area contributed by atoms with E-state index in [1.54, 1.807) is 0 Å². The molecule has 1 saturated heterocycles. The molecule has 0 spiro atoms. The largest absolute Gasteiger partial charge is 0.394 e. The molecule has 10 heteroatoms. The molecule has 1 aliphatic heterocycles. The van der Waals surface area contributed by atoms with Crippen LogP contribution in [0.4, 0.5) is 5.82 Å². The van der Waals surface area contributed by atoms with E-state index in [2.05, 4.69) is 48.8 Å². The molecule has 5 N–H and O–H groups in total. The van der Waals surface area contributed by atoms with Gasteiger partial charge in [-0.1, -0.05) is 33.9 Å². The van der Waals surface area contributed by atoms with Crippen molar-refractivity contribution in [2.75, 3.05) is 12.3 Å². The molecule has 0 aliphatic carbocycles. The summed E-state index contributed by atoms with van der Waals surface area (Å²) in [5.41, 5.74) is 4.87. The zero-order chi connectivity index (χ0) is 20.6. The van der Waals surface area contributed by atoms with Crippen LogP contribution in [0.5, 0.6) is 0 Å². The van der Waals surface area contributed by atoms with Gasteiger partial charge < -0.3 is 25.8 Å². The zero-order valence-corrected chi connectivity index (χ0v) is 17.7. The number of nitrogens with two attached hydrogens (primary N) is 1. The van der Waals surface area contributed by atoms with Gasteiger partial charge in [-0.25, -0.2) is 15.0 Å². The Morgan fingerprint density at radius 2 is 1.89 bits per heavy atom. The monoisotopic (exact) mass is 396 g/mol. The second-order valence-electron chi connectivity index (χ2n) is 8.21. The van der Waals surface area contributed by atoms with E-state index in [0.717, 1.165) is 0 Å². The van der Waals surface area contributed by atoms with Crippen LogP contribution in [0.25, 0.3) is 11.2 Å². The average Bonchev–Trinajstić information content (AvgIpc) is 3.08. The van der Waals surface area contributed by atoms with Crippen LogP contribution in [-0.2, 0) is 4.74 Å². The van der Waals surface area contributed by atoms with Crippen molar-refractivity contribution >= 4 is 25.8 Å². The number of hydrogen-bond donors (Lipinski definition) is 4. The van der Waals surface area contributed by atoms with E-state index in [1.807, 2.05) is 0 Å². The van der Waals surface area contributed by atoms with E-state index in [-0.39, 0.29) is 14.6 Å². The van der Waals surface area contributed by atoms with E-state index in [9.17, 15) is 15.3 Å². The lowest BCUT2D eigenvalue weighted by atomic mass is 9.96. The Balaban J connectivity index is 0.000000321. The van der Waals surface area contributed by atoms with Gasteiger partial charge in [0.1, 0.15) is 29.7 Å². The Bertz CT molecular complexity index is 774. The molecule has 0 unspecified atom stereocenters. The van der Waals surface area contributed by atoms with Crippen LogP contribution in [0.3, 0.4) is 0 Å². The minimum atomic E-state index is -1.60. The molecule has 1 aliphatic rings. The highest BCUT2D eigenvalue weighted by Gasteiger charge is 2.53. The molecule has 151 valence electrons. The van der Waals surface area contributed by atoms with Crippen molar-refractivity contribution in [3.8, 4) is 0 Å². The van der Waals surface area contributed by atoms with E-state index in [0.29, 0.717) is 16.2 Å². The fourth-order valence-corrected chi connectivity index (χ4v) is 2.43. The van der Waals surface area contributed by atoms with Crippen LogP contribution in [0, 0.1) is 0 Å². The number of aliphatic hydroxyl groups excluding tert-OH is 2. The summed E-state index contributed by atoms with van der Waals surface area (Å²) >= 11 is 0. The lowest BCUT2D eigenvalue weighted by molar-refractivity contribution is -0.0950. The third-order valence-electron chi connectivity index (χ3n) is 5.07. The van der Waals surface area contributed by atoms with Gasteiger partial charge >= 0.3 is 0 Å². The van der Waals surface area contributed by atoms with Crippen LogP contribution in [0.2, 0.25) is 18.1 Å². The number of aliphatic hydroxyl groups is 3. The summed E-state index contributed by atoms with van der Waals surface area (Å²) in [6.45, 7) is 12.6. The fraction of sp³-hybridized carbons (Fsp3) is 0.706. The van der Waals surface area contributed by atoms with Crippen molar-refractivity contribution in [3.63, 3.8) is 0 Å². The molecular weight excluding hydrogens is 366 g/mol. The van der Waals surface area contributed by atoms with E-state index >= 15 is 0 Å². The fourth-order valence-electron chi connectivity index (χ4n) is 2.43. The van der Waals surface area contributed by atoms with Crippen molar-refractivity contribution in [2.45, 2.75) is 69.9 Å². The van der Waals surface area contributed by atoms with Gasteiger partial charge in [-0.3, -0.25) is 4.57 Å². The third-order valence-corrected chi connectivity index (χ3v) is 8.07. The van der Waals surface area contributed by atoms with E-state index < -0.39 is 30.6 Å². The van der Waals surface area contributed by atoms with Crippen LogP contribution in [-0.4, -0.2) is 68.1 Å². The van der Waals surface area contributed by atoms with Crippen molar-refractivity contribution in [3.05, 3.63) is 12.7 Å². The average molecular weight is 397 g/mol. The highest BCUT2D eigenvalue weighted by molar-refractivity contribution is 6.59. The first-order chi connectivity index (χ1) is 12.4. The molecule has 1 fully saturated rings. The zero-order valence-electron chi connectivity index (χ0n) is 16.7. The Kier molecular flexibility index (Phi) is 6.27. The molecule has 1 radical (unpaired) electrons. The predicted molar refractivity (Wildman–Crippen MR) is 105 cm³/mol. The third kappa shape index (κ3) is 4.30. The van der Waals surface area contributed by atoms with Gasteiger partial charge in [-0.05, 0) is 12.0 Å². The molecule has 0 aromatic carbocycles. The summed E-state index contributed by atoms with van der Waals surface area (Å²) in [4.78, 5) is 12.0. The smallest absolute Gasteiger partial charge is 0.168 e. The number of aromatic nitrogens is 4. The molecule has 4 atom stereocenters. The minimum Gasteiger partial charge on any atom is -0.394 e. The molecule has 9 nitrogen and oxygen atoms in total. The summed E-state index contributed by atoms with van der Waals surface area (Å²) in [5.74, 6) is 0.214.